The summed E-state index contributed by atoms with van der Waals surface area (Å²) in [5.41, 5.74) is 0.819. The molecule has 0 saturated heterocycles. The number of carbonyl (C=O) groups is 1. The quantitative estimate of drug-likeness (QED) is 0.914. The summed E-state index contributed by atoms with van der Waals surface area (Å²) < 4.78 is 37.3. The zero-order valence-corrected chi connectivity index (χ0v) is 9.24. The Hall–Kier alpha value is -2.05. The molecule has 0 aliphatic carbocycles. The number of hydrogen-bond acceptors (Lipinski definition) is 2. The van der Waals surface area contributed by atoms with E-state index >= 15 is 0 Å². The normalized spacial score (nSPS) is 11.7. The lowest BCUT2D eigenvalue weighted by Crippen LogP contribution is -2.27. The fourth-order valence-corrected chi connectivity index (χ4v) is 1.52. The molecule has 2 heterocycles. The average molecular weight is 257 g/mol. The van der Waals surface area contributed by atoms with Crippen molar-refractivity contribution in [3.63, 3.8) is 0 Å². The Labute approximate surface area is 100 Å². The molecule has 4 nitrogen and oxygen atoms in total. The minimum atomic E-state index is -4.27. The molecule has 7 heteroatoms. The van der Waals surface area contributed by atoms with Crippen LogP contribution in [0.1, 0.15) is 16.8 Å². The van der Waals surface area contributed by atoms with Crippen molar-refractivity contribution in [1.29, 1.82) is 0 Å². The van der Waals surface area contributed by atoms with Crippen LogP contribution in [0.2, 0.25) is 0 Å². The number of aromatic nitrogens is 2. The fraction of sp³-hybridized carbons (Fsp3) is 0.273. The number of alkyl halides is 3. The molecule has 0 saturated carbocycles. The van der Waals surface area contributed by atoms with E-state index in [9.17, 15) is 18.0 Å². The first-order chi connectivity index (χ1) is 8.47. The first-order valence-corrected chi connectivity index (χ1v) is 5.25. The fourth-order valence-electron chi connectivity index (χ4n) is 1.52. The van der Waals surface area contributed by atoms with E-state index < -0.39 is 25.0 Å². The number of amides is 1. The van der Waals surface area contributed by atoms with Gasteiger partial charge in [0.2, 0.25) is 0 Å². The van der Waals surface area contributed by atoms with Crippen LogP contribution in [0, 0.1) is 0 Å². The van der Waals surface area contributed by atoms with Crippen molar-refractivity contribution in [1.82, 2.24) is 14.9 Å². The van der Waals surface area contributed by atoms with E-state index in [0.717, 1.165) is 0 Å². The molecule has 2 aromatic rings. The summed E-state index contributed by atoms with van der Waals surface area (Å²) in [6, 6.07) is 5.14. The minimum absolute atomic E-state index is 0.262. The molecule has 96 valence electrons. The van der Waals surface area contributed by atoms with Crippen LogP contribution in [0.25, 0.3) is 5.52 Å². The van der Waals surface area contributed by atoms with Crippen molar-refractivity contribution in [2.45, 2.75) is 12.6 Å². The minimum Gasteiger partial charge on any atom is -0.352 e. The summed E-state index contributed by atoms with van der Waals surface area (Å²) in [5, 5.41) is 6.15. The number of nitrogens with zero attached hydrogens (tertiary/aromatic N) is 2. The zero-order valence-electron chi connectivity index (χ0n) is 9.24. The maximum atomic E-state index is 11.9. The second-order valence-corrected chi connectivity index (χ2v) is 3.71. The third kappa shape index (κ3) is 2.79. The molecule has 1 amide bonds. The Kier molecular flexibility index (Phi) is 3.22. The van der Waals surface area contributed by atoms with Gasteiger partial charge in [0.1, 0.15) is 0 Å². The molecular weight excluding hydrogens is 247 g/mol. The third-order valence-electron chi connectivity index (χ3n) is 2.37. The molecule has 0 bridgehead atoms. The molecule has 1 N–H and O–H groups in total. The second kappa shape index (κ2) is 4.67. The lowest BCUT2D eigenvalue weighted by Gasteiger charge is -2.07. The van der Waals surface area contributed by atoms with Gasteiger partial charge in [-0.15, -0.1) is 0 Å². The SMILES string of the molecule is O=C(NCCC(F)(F)F)c1cnn2ccccc12. The Balaban J connectivity index is 2.05. The van der Waals surface area contributed by atoms with Gasteiger partial charge in [0.25, 0.3) is 5.91 Å². The van der Waals surface area contributed by atoms with Gasteiger partial charge in [-0.05, 0) is 12.1 Å². The van der Waals surface area contributed by atoms with Crippen LogP contribution in [0.15, 0.2) is 30.6 Å². The summed E-state index contributed by atoms with van der Waals surface area (Å²) in [4.78, 5) is 11.7. The topological polar surface area (TPSA) is 46.4 Å². The van der Waals surface area contributed by atoms with Crippen LogP contribution in [0.4, 0.5) is 13.2 Å². The van der Waals surface area contributed by atoms with E-state index in [4.69, 9.17) is 0 Å². The number of rotatable bonds is 3. The molecule has 0 aromatic carbocycles. The largest absolute Gasteiger partial charge is 0.390 e. The highest BCUT2D eigenvalue weighted by atomic mass is 19.4. The average Bonchev–Trinajstić information content (AvgIpc) is 2.70. The van der Waals surface area contributed by atoms with Gasteiger partial charge in [-0.1, -0.05) is 6.07 Å². The molecule has 0 fully saturated rings. The third-order valence-corrected chi connectivity index (χ3v) is 2.37. The van der Waals surface area contributed by atoms with Crippen molar-refractivity contribution >= 4 is 11.4 Å². The maximum Gasteiger partial charge on any atom is 0.390 e. The van der Waals surface area contributed by atoms with Crippen molar-refractivity contribution in [2.24, 2.45) is 0 Å². The predicted octanol–water partition coefficient (Wildman–Crippen LogP) is 2.02. The van der Waals surface area contributed by atoms with Gasteiger partial charge in [0.05, 0.1) is 23.7 Å². The molecule has 0 aliphatic rings. The van der Waals surface area contributed by atoms with Gasteiger partial charge >= 0.3 is 6.18 Å². The summed E-state index contributed by atoms with van der Waals surface area (Å²) in [6.45, 7) is -0.438. The number of halogens is 3. The summed E-state index contributed by atoms with van der Waals surface area (Å²) >= 11 is 0. The van der Waals surface area contributed by atoms with Crippen LogP contribution in [-0.2, 0) is 0 Å². The van der Waals surface area contributed by atoms with E-state index in [1.54, 1.807) is 24.4 Å². The van der Waals surface area contributed by atoms with Gasteiger partial charge in [-0.25, -0.2) is 4.52 Å². The van der Waals surface area contributed by atoms with Crippen LogP contribution in [-0.4, -0.2) is 28.2 Å². The molecule has 0 spiro atoms. The highest BCUT2D eigenvalue weighted by molar-refractivity contribution is 6.00. The standard InChI is InChI=1S/C11H10F3N3O/c12-11(13,14)4-5-15-10(18)8-7-16-17-6-2-1-3-9(8)17/h1-3,6-7H,4-5H2,(H,15,18). The Morgan fingerprint density at radius 1 is 1.39 bits per heavy atom. The second-order valence-electron chi connectivity index (χ2n) is 3.71. The van der Waals surface area contributed by atoms with Gasteiger partial charge in [0, 0.05) is 12.7 Å². The lowest BCUT2D eigenvalue weighted by atomic mass is 10.2. The van der Waals surface area contributed by atoms with Crippen molar-refractivity contribution in [3.8, 4) is 0 Å². The molecule has 0 aliphatic heterocycles. The van der Waals surface area contributed by atoms with Gasteiger partial charge in [-0.3, -0.25) is 4.79 Å². The summed E-state index contributed by atoms with van der Waals surface area (Å²) in [6.07, 6.45) is -2.33. The van der Waals surface area contributed by atoms with Crippen molar-refractivity contribution < 1.29 is 18.0 Å². The van der Waals surface area contributed by atoms with Gasteiger partial charge in [0.15, 0.2) is 0 Å². The predicted molar refractivity (Wildman–Crippen MR) is 58.2 cm³/mol. The molecular formula is C11H10F3N3O. The smallest absolute Gasteiger partial charge is 0.352 e. The summed E-state index contributed by atoms with van der Waals surface area (Å²) in [7, 11) is 0. The molecule has 0 unspecified atom stereocenters. The lowest BCUT2D eigenvalue weighted by molar-refractivity contribution is -0.132. The molecule has 2 rings (SSSR count). The number of pyridine rings is 1. The molecule has 18 heavy (non-hydrogen) atoms. The Bertz CT molecular complexity index is 562. The highest BCUT2D eigenvalue weighted by Crippen LogP contribution is 2.18. The van der Waals surface area contributed by atoms with Crippen molar-refractivity contribution in [2.75, 3.05) is 6.54 Å². The first-order valence-electron chi connectivity index (χ1n) is 5.25. The summed E-state index contributed by atoms with van der Waals surface area (Å²) in [5.74, 6) is -0.555. The van der Waals surface area contributed by atoms with Crippen LogP contribution in [0.5, 0.6) is 0 Å². The number of hydrogen-bond donors (Lipinski definition) is 1. The van der Waals surface area contributed by atoms with E-state index in [-0.39, 0.29) is 5.56 Å². The molecule has 2 aromatic heterocycles. The van der Waals surface area contributed by atoms with E-state index in [1.807, 2.05) is 0 Å². The number of fused-ring (bicyclic) bond motifs is 1. The Morgan fingerprint density at radius 2 is 2.17 bits per heavy atom. The zero-order chi connectivity index (χ0) is 13.2. The molecule has 0 atom stereocenters. The monoisotopic (exact) mass is 257 g/mol. The van der Waals surface area contributed by atoms with Crippen LogP contribution >= 0.6 is 0 Å². The number of carbonyl (C=O) groups excluding carboxylic acids is 1. The Morgan fingerprint density at radius 3 is 2.89 bits per heavy atom. The number of nitrogens with one attached hydrogen (secondary N) is 1. The maximum absolute atomic E-state index is 11.9. The van der Waals surface area contributed by atoms with E-state index in [1.165, 1.54) is 10.7 Å². The van der Waals surface area contributed by atoms with Crippen LogP contribution in [0.3, 0.4) is 0 Å². The van der Waals surface area contributed by atoms with Crippen LogP contribution < -0.4 is 5.32 Å². The highest BCUT2D eigenvalue weighted by Gasteiger charge is 2.26. The van der Waals surface area contributed by atoms with E-state index in [0.29, 0.717) is 5.52 Å². The first kappa shape index (κ1) is 12.4. The molecule has 0 radical (unpaired) electrons. The van der Waals surface area contributed by atoms with Gasteiger partial charge in [-0.2, -0.15) is 18.3 Å². The van der Waals surface area contributed by atoms with Gasteiger partial charge < -0.3 is 5.32 Å². The van der Waals surface area contributed by atoms with Crippen molar-refractivity contribution in [3.05, 3.63) is 36.2 Å². The van der Waals surface area contributed by atoms with E-state index in [2.05, 4.69) is 10.4 Å².